The van der Waals surface area contributed by atoms with Gasteiger partial charge < -0.3 is 9.84 Å². The Morgan fingerprint density at radius 2 is 2.46 bits per heavy atom. The molecule has 0 amide bonds. The Labute approximate surface area is 77.5 Å². The predicted octanol–water partition coefficient (Wildman–Crippen LogP) is 1.84. The quantitative estimate of drug-likeness (QED) is 0.712. The summed E-state index contributed by atoms with van der Waals surface area (Å²) in [6, 6.07) is 5.84. The van der Waals surface area contributed by atoms with Gasteiger partial charge in [-0.25, -0.2) is 0 Å². The van der Waals surface area contributed by atoms with Gasteiger partial charge in [0.2, 0.25) is 0 Å². The first kappa shape index (κ1) is 8.32. The van der Waals surface area contributed by atoms with Gasteiger partial charge in [0.15, 0.2) is 0 Å². The highest BCUT2D eigenvalue weighted by Gasteiger charge is 2.27. The van der Waals surface area contributed by atoms with Crippen molar-refractivity contribution < 1.29 is 9.84 Å². The lowest BCUT2D eigenvalue weighted by Crippen LogP contribution is -2.17. The Kier molecular flexibility index (Phi) is 2.07. The Morgan fingerprint density at radius 3 is 3.15 bits per heavy atom. The third-order valence-electron chi connectivity index (χ3n) is 2.26. The summed E-state index contributed by atoms with van der Waals surface area (Å²) < 4.78 is 5.41. The van der Waals surface area contributed by atoms with Crippen LogP contribution in [0.5, 0.6) is 5.75 Å². The molecule has 68 valence electrons. The maximum absolute atomic E-state index is 9.47. The van der Waals surface area contributed by atoms with Crippen molar-refractivity contribution in [2.24, 2.45) is 0 Å². The molecular weight excluding hydrogens is 164 g/mol. The third-order valence-corrected chi connectivity index (χ3v) is 2.26. The molecule has 2 heteroatoms. The van der Waals surface area contributed by atoms with Crippen molar-refractivity contribution >= 4 is 0 Å². The van der Waals surface area contributed by atoms with E-state index in [1.807, 2.05) is 18.2 Å². The minimum absolute atomic E-state index is 0.337. The van der Waals surface area contributed by atoms with E-state index in [9.17, 15) is 5.11 Å². The van der Waals surface area contributed by atoms with Crippen molar-refractivity contribution in [2.45, 2.75) is 12.5 Å². The van der Waals surface area contributed by atoms with Gasteiger partial charge in [0.25, 0.3) is 0 Å². The van der Waals surface area contributed by atoms with Crippen LogP contribution in [-0.4, -0.2) is 11.7 Å². The first-order valence-corrected chi connectivity index (χ1v) is 4.36. The SMILES string of the molecule is C=CCOc1cccc2c1C(O)C2. The number of fused-ring (bicyclic) bond motifs is 1. The molecule has 0 saturated carbocycles. The van der Waals surface area contributed by atoms with Gasteiger partial charge in [0.1, 0.15) is 12.4 Å². The van der Waals surface area contributed by atoms with Crippen LogP contribution in [0, 0.1) is 0 Å². The van der Waals surface area contributed by atoms with Crippen molar-refractivity contribution in [1.82, 2.24) is 0 Å². The summed E-state index contributed by atoms with van der Waals surface area (Å²) in [5, 5.41) is 9.47. The molecule has 2 rings (SSSR count). The van der Waals surface area contributed by atoms with Crippen LogP contribution in [0.4, 0.5) is 0 Å². The van der Waals surface area contributed by atoms with Crippen molar-refractivity contribution in [3.63, 3.8) is 0 Å². The maximum atomic E-state index is 9.47. The van der Waals surface area contributed by atoms with Crippen LogP contribution in [0.15, 0.2) is 30.9 Å². The van der Waals surface area contributed by atoms with Crippen molar-refractivity contribution in [1.29, 1.82) is 0 Å². The second-order valence-electron chi connectivity index (χ2n) is 3.15. The summed E-state index contributed by atoms with van der Waals surface area (Å²) >= 11 is 0. The normalized spacial score (nSPS) is 18.7. The lowest BCUT2D eigenvalue weighted by molar-refractivity contribution is 0.147. The van der Waals surface area contributed by atoms with Gasteiger partial charge in [0.05, 0.1) is 6.10 Å². The second kappa shape index (κ2) is 3.23. The van der Waals surface area contributed by atoms with Gasteiger partial charge in [-0.1, -0.05) is 24.8 Å². The van der Waals surface area contributed by atoms with E-state index in [0.29, 0.717) is 6.61 Å². The lowest BCUT2D eigenvalue weighted by Gasteiger charge is -2.27. The standard InChI is InChI=1S/C11H12O2/c1-2-6-13-10-5-3-4-8-7-9(12)11(8)10/h2-5,9,12H,1,6-7H2. The lowest BCUT2D eigenvalue weighted by atomic mass is 9.85. The van der Waals surface area contributed by atoms with Gasteiger partial charge >= 0.3 is 0 Å². The number of ether oxygens (including phenoxy) is 1. The van der Waals surface area contributed by atoms with E-state index < -0.39 is 0 Å². The minimum Gasteiger partial charge on any atom is -0.489 e. The van der Waals surface area contributed by atoms with E-state index >= 15 is 0 Å². The van der Waals surface area contributed by atoms with Crippen LogP contribution in [-0.2, 0) is 6.42 Å². The highest BCUT2D eigenvalue weighted by Crippen LogP contribution is 2.39. The second-order valence-corrected chi connectivity index (χ2v) is 3.15. The molecule has 0 radical (unpaired) electrons. The summed E-state index contributed by atoms with van der Waals surface area (Å²) in [6.07, 6.45) is 2.11. The molecule has 13 heavy (non-hydrogen) atoms. The van der Waals surface area contributed by atoms with Gasteiger partial charge in [-0.2, -0.15) is 0 Å². The summed E-state index contributed by atoms with van der Waals surface area (Å²) in [7, 11) is 0. The molecule has 1 aromatic carbocycles. The zero-order valence-electron chi connectivity index (χ0n) is 7.36. The summed E-state index contributed by atoms with van der Waals surface area (Å²) in [6.45, 7) is 4.07. The largest absolute Gasteiger partial charge is 0.489 e. The average molecular weight is 176 g/mol. The Balaban J connectivity index is 2.25. The number of hydrogen-bond acceptors (Lipinski definition) is 2. The fraction of sp³-hybridized carbons (Fsp3) is 0.273. The van der Waals surface area contributed by atoms with Gasteiger partial charge in [0, 0.05) is 12.0 Å². The van der Waals surface area contributed by atoms with Gasteiger partial charge in [-0.05, 0) is 11.6 Å². The first-order valence-electron chi connectivity index (χ1n) is 4.36. The smallest absolute Gasteiger partial charge is 0.125 e. The van der Waals surface area contributed by atoms with Crippen molar-refractivity contribution in [3.8, 4) is 5.75 Å². The Bertz CT molecular complexity index is 331. The van der Waals surface area contributed by atoms with Crippen LogP contribution >= 0.6 is 0 Å². The molecule has 0 fully saturated rings. The van der Waals surface area contributed by atoms with Gasteiger partial charge in [-0.15, -0.1) is 0 Å². The molecular formula is C11H12O2. The molecule has 1 aromatic rings. The van der Waals surface area contributed by atoms with Gasteiger partial charge in [-0.3, -0.25) is 0 Å². The summed E-state index contributed by atoms with van der Waals surface area (Å²) in [5.74, 6) is 0.788. The zero-order chi connectivity index (χ0) is 9.26. The predicted molar refractivity (Wildman–Crippen MR) is 50.8 cm³/mol. The number of benzene rings is 1. The van der Waals surface area contributed by atoms with Crippen molar-refractivity contribution in [3.05, 3.63) is 42.0 Å². The minimum atomic E-state index is -0.337. The number of aliphatic hydroxyl groups excluding tert-OH is 1. The topological polar surface area (TPSA) is 29.5 Å². The highest BCUT2D eigenvalue weighted by molar-refractivity contribution is 5.48. The molecule has 0 heterocycles. The van der Waals surface area contributed by atoms with Crippen molar-refractivity contribution in [2.75, 3.05) is 6.61 Å². The van der Waals surface area contributed by atoms with Crippen LogP contribution in [0.2, 0.25) is 0 Å². The zero-order valence-corrected chi connectivity index (χ0v) is 7.36. The third kappa shape index (κ3) is 1.33. The van der Waals surface area contributed by atoms with E-state index in [0.717, 1.165) is 17.7 Å². The van der Waals surface area contributed by atoms with E-state index in [1.54, 1.807) is 6.08 Å². The maximum Gasteiger partial charge on any atom is 0.125 e. The average Bonchev–Trinajstić information content (AvgIpc) is 2.12. The van der Waals surface area contributed by atoms with E-state index in [4.69, 9.17) is 4.74 Å². The summed E-state index contributed by atoms with van der Waals surface area (Å²) in [4.78, 5) is 0. The molecule has 0 spiro atoms. The highest BCUT2D eigenvalue weighted by atomic mass is 16.5. The molecule has 2 nitrogen and oxygen atoms in total. The summed E-state index contributed by atoms with van der Waals surface area (Å²) in [5.41, 5.74) is 2.14. The van der Waals surface area contributed by atoms with Crippen LogP contribution in [0.1, 0.15) is 17.2 Å². The van der Waals surface area contributed by atoms with Crippen LogP contribution < -0.4 is 4.74 Å². The number of hydrogen-bond donors (Lipinski definition) is 1. The number of aliphatic hydroxyl groups is 1. The molecule has 1 unspecified atom stereocenters. The van der Waals surface area contributed by atoms with E-state index in [1.165, 1.54) is 5.56 Å². The monoisotopic (exact) mass is 176 g/mol. The molecule has 0 aromatic heterocycles. The van der Waals surface area contributed by atoms with Crippen LogP contribution in [0.3, 0.4) is 0 Å². The Hall–Kier alpha value is -1.28. The van der Waals surface area contributed by atoms with E-state index in [-0.39, 0.29) is 6.10 Å². The molecule has 0 aliphatic heterocycles. The fourth-order valence-corrected chi connectivity index (χ4v) is 1.60. The number of rotatable bonds is 3. The molecule has 1 aliphatic rings. The molecule has 1 atom stereocenters. The molecule has 1 aliphatic carbocycles. The van der Waals surface area contributed by atoms with Crippen LogP contribution in [0.25, 0.3) is 0 Å². The molecule has 1 N–H and O–H groups in total. The first-order chi connectivity index (χ1) is 6.33. The molecule has 0 bridgehead atoms. The fourth-order valence-electron chi connectivity index (χ4n) is 1.60. The Morgan fingerprint density at radius 1 is 1.62 bits per heavy atom. The molecule has 0 saturated heterocycles. The van der Waals surface area contributed by atoms with E-state index in [2.05, 4.69) is 6.58 Å².